The van der Waals surface area contributed by atoms with Gasteiger partial charge in [-0.25, -0.2) is 9.97 Å². The van der Waals surface area contributed by atoms with Gasteiger partial charge in [-0.05, 0) is 85.6 Å². The van der Waals surface area contributed by atoms with Crippen LogP contribution in [0.5, 0.6) is 11.5 Å². The molecule has 0 aliphatic heterocycles. The monoisotopic (exact) mass is 732 g/mol. The van der Waals surface area contributed by atoms with E-state index in [0.717, 1.165) is 19.3 Å². The summed E-state index contributed by atoms with van der Waals surface area (Å²) in [5.41, 5.74) is 1.75. The van der Waals surface area contributed by atoms with Crippen molar-refractivity contribution in [3.8, 4) is 34.3 Å². The normalized spacial score (nSPS) is 12.0. The maximum atomic E-state index is 13.6. The second-order valence-electron chi connectivity index (χ2n) is 11.7. The highest BCUT2D eigenvalue weighted by Crippen LogP contribution is 2.25. The number of rotatable bonds is 14. The molecule has 0 spiro atoms. The molecular formula is C35H32N4O10S2. The molecule has 6 rings (SSSR count). The zero-order valence-corrected chi connectivity index (χ0v) is 28.6. The van der Waals surface area contributed by atoms with Crippen LogP contribution in [0, 0.1) is 0 Å². The third-order valence-electron chi connectivity index (χ3n) is 8.11. The van der Waals surface area contributed by atoms with Crippen LogP contribution in [-0.4, -0.2) is 45.0 Å². The van der Waals surface area contributed by atoms with Gasteiger partial charge in [-0.2, -0.15) is 16.8 Å². The van der Waals surface area contributed by atoms with Crippen LogP contribution < -0.4 is 19.5 Å². The van der Waals surface area contributed by atoms with Crippen molar-refractivity contribution < 1.29 is 34.3 Å². The molecule has 6 aromatic rings. The van der Waals surface area contributed by atoms with Crippen molar-refractivity contribution in [2.45, 2.75) is 45.2 Å². The Bertz CT molecular complexity index is 2370. The van der Waals surface area contributed by atoms with E-state index in [1.54, 1.807) is 81.9 Å². The lowest BCUT2D eigenvalue weighted by Crippen LogP contribution is -2.24. The highest BCUT2D eigenvalue weighted by atomic mass is 32.3. The molecular weight excluding hydrogens is 701 g/mol. The third kappa shape index (κ3) is 8.67. The van der Waals surface area contributed by atoms with Gasteiger partial charge in [-0.1, -0.05) is 43.5 Å². The van der Waals surface area contributed by atoms with Crippen molar-refractivity contribution in [1.82, 2.24) is 19.1 Å². The first kappa shape index (κ1) is 35.4. The van der Waals surface area contributed by atoms with Crippen LogP contribution in [0.25, 0.3) is 44.6 Å². The Morgan fingerprint density at radius 2 is 0.863 bits per heavy atom. The topological polar surface area (TPSA) is 197 Å². The Kier molecular flexibility index (Phi) is 10.3. The smallest absolute Gasteiger partial charge is 0.362 e. The number of benzene rings is 4. The molecule has 0 aliphatic carbocycles. The summed E-state index contributed by atoms with van der Waals surface area (Å²) in [6.45, 7) is 0.759. The van der Waals surface area contributed by atoms with E-state index in [-0.39, 0.29) is 22.6 Å². The van der Waals surface area contributed by atoms with E-state index >= 15 is 0 Å². The molecule has 51 heavy (non-hydrogen) atoms. The van der Waals surface area contributed by atoms with Gasteiger partial charge in [-0.3, -0.25) is 27.8 Å². The molecule has 0 saturated carbocycles. The first-order valence-electron chi connectivity index (χ1n) is 15.9. The number of nitrogens with zero attached hydrogens (tertiary/aromatic N) is 4. The summed E-state index contributed by atoms with van der Waals surface area (Å²) >= 11 is 0. The average Bonchev–Trinajstić information content (AvgIpc) is 3.09. The summed E-state index contributed by atoms with van der Waals surface area (Å²) in [4.78, 5) is 36.6. The summed E-state index contributed by atoms with van der Waals surface area (Å²) in [5, 5.41) is 0.942. The maximum Gasteiger partial charge on any atom is 0.446 e. The summed E-state index contributed by atoms with van der Waals surface area (Å²) in [7, 11) is -9.37. The molecule has 2 N–H and O–H groups in total. The summed E-state index contributed by atoms with van der Waals surface area (Å²) in [6.07, 6.45) is 3.72. The number of hydrogen-bond acceptors (Lipinski definition) is 10. The van der Waals surface area contributed by atoms with E-state index < -0.39 is 20.8 Å². The fourth-order valence-electron chi connectivity index (χ4n) is 5.82. The average molecular weight is 733 g/mol. The van der Waals surface area contributed by atoms with E-state index in [4.69, 9.17) is 19.1 Å². The SMILES string of the molecule is O=c1c2ccccc2nc(-c2ccc(OS(=O)(=O)O)cc2)n1CCCCCCCn1c(-c2ccc(OS(=O)(=O)O)cc2)nc2ccccc2c1=O. The van der Waals surface area contributed by atoms with Crippen molar-refractivity contribution in [1.29, 1.82) is 0 Å². The van der Waals surface area contributed by atoms with Crippen molar-refractivity contribution in [2.24, 2.45) is 0 Å². The molecule has 0 radical (unpaired) electrons. The second kappa shape index (κ2) is 14.8. The van der Waals surface area contributed by atoms with Gasteiger partial charge < -0.3 is 8.37 Å². The second-order valence-corrected chi connectivity index (χ2v) is 13.7. The van der Waals surface area contributed by atoms with Gasteiger partial charge in [-0.15, -0.1) is 0 Å². The van der Waals surface area contributed by atoms with Crippen LogP contribution in [0.1, 0.15) is 32.1 Å². The maximum absolute atomic E-state index is 13.6. The molecule has 0 saturated heterocycles. The van der Waals surface area contributed by atoms with E-state index in [1.165, 1.54) is 24.3 Å². The van der Waals surface area contributed by atoms with Crippen LogP contribution >= 0.6 is 0 Å². The first-order chi connectivity index (χ1) is 24.4. The summed E-state index contributed by atoms with van der Waals surface area (Å²) in [5.74, 6) is 0.636. The zero-order chi connectivity index (χ0) is 36.2. The van der Waals surface area contributed by atoms with Crippen molar-refractivity contribution in [2.75, 3.05) is 0 Å². The fraction of sp³-hybridized carbons (Fsp3) is 0.200. The summed E-state index contributed by atoms with van der Waals surface area (Å²) in [6, 6.07) is 25.7. The lowest BCUT2D eigenvalue weighted by molar-refractivity contribution is 0.384. The van der Waals surface area contributed by atoms with Crippen LogP contribution in [0.4, 0.5) is 0 Å². The van der Waals surface area contributed by atoms with Gasteiger partial charge in [0.25, 0.3) is 11.1 Å². The number of unbranched alkanes of at least 4 members (excludes halogenated alkanes) is 4. The predicted molar refractivity (Wildman–Crippen MR) is 190 cm³/mol. The molecule has 4 aromatic carbocycles. The van der Waals surface area contributed by atoms with Gasteiger partial charge in [0, 0.05) is 24.2 Å². The fourth-order valence-corrected chi connectivity index (χ4v) is 6.53. The Morgan fingerprint density at radius 1 is 0.510 bits per heavy atom. The molecule has 0 bridgehead atoms. The summed E-state index contributed by atoms with van der Waals surface area (Å²) < 4.78 is 74.6. The molecule has 0 unspecified atom stereocenters. The molecule has 0 fully saturated rings. The molecule has 2 aromatic heterocycles. The van der Waals surface area contributed by atoms with E-state index in [2.05, 4.69) is 8.37 Å². The Balaban J connectivity index is 1.14. The van der Waals surface area contributed by atoms with Crippen LogP contribution in [-0.2, 0) is 33.9 Å². The third-order valence-corrected chi connectivity index (χ3v) is 8.92. The first-order valence-corrected chi connectivity index (χ1v) is 18.6. The minimum absolute atomic E-state index is 0.0898. The largest absolute Gasteiger partial charge is 0.446 e. The van der Waals surface area contributed by atoms with Crippen LogP contribution in [0.3, 0.4) is 0 Å². The van der Waals surface area contributed by atoms with Crippen LogP contribution in [0.2, 0.25) is 0 Å². The quantitative estimate of drug-likeness (QED) is 0.106. The molecule has 0 atom stereocenters. The highest BCUT2D eigenvalue weighted by Gasteiger charge is 2.16. The van der Waals surface area contributed by atoms with Gasteiger partial charge >= 0.3 is 20.8 Å². The van der Waals surface area contributed by atoms with E-state index in [0.29, 0.717) is 70.5 Å². The predicted octanol–water partition coefficient (Wildman–Crippen LogP) is 5.45. The van der Waals surface area contributed by atoms with Crippen molar-refractivity contribution in [3.05, 3.63) is 118 Å². The minimum atomic E-state index is -4.69. The van der Waals surface area contributed by atoms with E-state index in [1.807, 2.05) is 0 Å². The number of hydrogen-bond donors (Lipinski definition) is 2. The van der Waals surface area contributed by atoms with E-state index in [9.17, 15) is 26.4 Å². The molecule has 2 heterocycles. The Labute approximate surface area is 292 Å². The van der Waals surface area contributed by atoms with Crippen molar-refractivity contribution in [3.63, 3.8) is 0 Å². The molecule has 264 valence electrons. The standard InChI is InChI=1S/C35H32N4O10S2/c40-34-28-10-4-6-12-30(28)36-32(24-14-18-26(19-15-24)48-50(42,43)44)38(34)22-8-2-1-3-9-23-39-33(37-31-13-7-5-11-29(31)35(39)41)25-16-20-27(21-17-25)49-51(45,46)47/h4-7,10-21H,1-3,8-9,22-23H2,(H,42,43,44)(H,45,46,47). The van der Waals surface area contributed by atoms with Gasteiger partial charge in [0.1, 0.15) is 23.1 Å². The zero-order valence-electron chi connectivity index (χ0n) is 27.0. The molecule has 0 amide bonds. The number of para-hydroxylation sites is 2. The Morgan fingerprint density at radius 3 is 1.24 bits per heavy atom. The highest BCUT2D eigenvalue weighted by molar-refractivity contribution is 7.81. The molecule has 14 nitrogen and oxygen atoms in total. The number of aromatic nitrogens is 4. The molecule has 16 heteroatoms. The van der Waals surface area contributed by atoms with Gasteiger partial charge in [0.2, 0.25) is 0 Å². The Hall–Kier alpha value is -5.42. The number of fused-ring (bicyclic) bond motifs is 2. The van der Waals surface area contributed by atoms with Crippen molar-refractivity contribution >= 4 is 42.6 Å². The lowest BCUT2D eigenvalue weighted by atomic mass is 10.1. The van der Waals surface area contributed by atoms with Gasteiger partial charge in [0.05, 0.1) is 21.8 Å². The van der Waals surface area contributed by atoms with Crippen LogP contribution in [0.15, 0.2) is 107 Å². The minimum Gasteiger partial charge on any atom is -0.362 e. The van der Waals surface area contributed by atoms with Gasteiger partial charge in [0.15, 0.2) is 0 Å². The lowest BCUT2D eigenvalue weighted by Gasteiger charge is -2.15. The molecule has 0 aliphatic rings.